The van der Waals surface area contributed by atoms with E-state index in [1.807, 2.05) is 6.07 Å². The maximum absolute atomic E-state index is 12.4. The molecule has 0 spiro atoms. The average Bonchev–Trinajstić information content (AvgIpc) is 3.54. The van der Waals surface area contributed by atoms with Crippen molar-refractivity contribution < 1.29 is 9.90 Å². The number of benzene rings is 1. The zero-order valence-corrected chi connectivity index (χ0v) is 16.5. The van der Waals surface area contributed by atoms with Crippen LogP contribution in [0.3, 0.4) is 0 Å². The van der Waals surface area contributed by atoms with Crippen molar-refractivity contribution in [1.29, 1.82) is 0 Å². The minimum atomic E-state index is -0.182. The molecule has 1 aliphatic heterocycles. The van der Waals surface area contributed by atoms with Crippen LogP contribution in [0.15, 0.2) is 42.6 Å². The molecule has 5 nitrogen and oxygen atoms in total. The van der Waals surface area contributed by atoms with E-state index < -0.39 is 0 Å². The lowest BCUT2D eigenvalue weighted by molar-refractivity contribution is 0.0950. The Morgan fingerprint density at radius 3 is 2.89 bits per heavy atom. The third-order valence-electron chi connectivity index (χ3n) is 6.07. The number of aryl methyl sites for hydroxylation is 1. The Morgan fingerprint density at radius 2 is 2.14 bits per heavy atom. The number of carbonyl (C=O) groups is 1. The van der Waals surface area contributed by atoms with Gasteiger partial charge < -0.3 is 15.3 Å². The van der Waals surface area contributed by atoms with E-state index in [0.717, 1.165) is 51.0 Å². The molecule has 4 rings (SSSR count). The SMILES string of the molecule is Cc1ccccc1CC1(CO)CCCN(c2cc(C(=O)NC3CC3)ccn2)C1. The van der Waals surface area contributed by atoms with Gasteiger partial charge >= 0.3 is 0 Å². The van der Waals surface area contributed by atoms with Gasteiger partial charge in [0.1, 0.15) is 5.82 Å². The first kappa shape index (κ1) is 18.9. The Labute approximate surface area is 166 Å². The standard InChI is InChI=1S/C23H29N3O2/c1-17-5-2-3-6-19(17)14-23(16-27)10-4-12-26(15-23)21-13-18(9-11-24-21)22(28)25-20-7-8-20/h2-3,5-6,9,11,13,20,27H,4,7-8,10,12,14-16H2,1H3,(H,25,28). The summed E-state index contributed by atoms with van der Waals surface area (Å²) >= 11 is 0. The van der Waals surface area contributed by atoms with Crippen molar-refractivity contribution in [2.45, 2.75) is 45.1 Å². The second-order valence-corrected chi connectivity index (χ2v) is 8.44. The third kappa shape index (κ3) is 4.20. The summed E-state index contributed by atoms with van der Waals surface area (Å²) in [6.45, 7) is 3.93. The molecule has 148 valence electrons. The fourth-order valence-electron chi connectivity index (χ4n) is 4.17. The minimum Gasteiger partial charge on any atom is -0.396 e. The first-order chi connectivity index (χ1) is 13.6. The summed E-state index contributed by atoms with van der Waals surface area (Å²) in [6, 6.07) is 12.4. The molecule has 2 aliphatic rings. The number of pyridine rings is 1. The molecule has 5 heteroatoms. The highest BCUT2D eigenvalue weighted by Crippen LogP contribution is 2.35. The van der Waals surface area contributed by atoms with Crippen molar-refractivity contribution in [3.8, 4) is 0 Å². The molecule has 1 saturated heterocycles. The number of carbonyl (C=O) groups excluding carboxylic acids is 1. The largest absolute Gasteiger partial charge is 0.396 e. The number of hydrogen-bond acceptors (Lipinski definition) is 4. The van der Waals surface area contributed by atoms with Crippen LogP contribution in [-0.2, 0) is 6.42 Å². The van der Waals surface area contributed by atoms with Crippen LogP contribution >= 0.6 is 0 Å². The van der Waals surface area contributed by atoms with Crippen molar-refractivity contribution in [2.24, 2.45) is 5.41 Å². The molecule has 1 unspecified atom stereocenters. The van der Waals surface area contributed by atoms with E-state index in [2.05, 4.69) is 46.4 Å². The average molecular weight is 380 g/mol. The molecular formula is C23H29N3O2. The molecule has 1 aromatic carbocycles. The van der Waals surface area contributed by atoms with Gasteiger partial charge in [-0.3, -0.25) is 4.79 Å². The highest BCUT2D eigenvalue weighted by molar-refractivity contribution is 5.95. The van der Waals surface area contributed by atoms with E-state index in [-0.39, 0.29) is 17.9 Å². The number of amides is 1. The van der Waals surface area contributed by atoms with E-state index in [4.69, 9.17) is 0 Å². The molecule has 0 radical (unpaired) electrons. The molecule has 2 N–H and O–H groups in total. The lowest BCUT2D eigenvalue weighted by Crippen LogP contribution is -2.47. The number of rotatable bonds is 6. The predicted molar refractivity (Wildman–Crippen MR) is 111 cm³/mol. The quantitative estimate of drug-likeness (QED) is 0.809. The van der Waals surface area contributed by atoms with Crippen LogP contribution in [0.1, 0.15) is 47.2 Å². The zero-order valence-electron chi connectivity index (χ0n) is 16.5. The summed E-state index contributed by atoms with van der Waals surface area (Å²) in [6.07, 6.45) is 6.73. The third-order valence-corrected chi connectivity index (χ3v) is 6.07. The van der Waals surface area contributed by atoms with Crippen LogP contribution in [0.2, 0.25) is 0 Å². The van der Waals surface area contributed by atoms with Crippen LogP contribution in [0, 0.1) is 12.3 Å². The zero-order chi connectivity index (χ0) is 19.6. The maximum atomic E-state index is 12.4. The lowest BCUT2D eigenvalue weighted by Gasteiger charge is -2.43. The highest BCUT2D eigenvalue weighted by atomic mass is 16.3. The summed E-state index contributed by atoms with van der Waals surface area (Å²) in [5.74, 6) is 0.808. The Balaban J connectivity index is 1.52. The molecule has 1 aromatic heterocycles. The molecule has 0 bridgehead atoms. The topological polar surface area (TPSA) is 65.5 Å². The first-order valence-electron chi connectivity index (χ1n) is 10.3. The Morgan fingerprint density at radius 1 is 1.32 bits per heavy atom. The first-order valence-corrected chi connectivity index (χ1v) is 10.3. The smallest absolute Gasteiger partial charge is 0.251 e. The van der Waals surface area contributed by atoms with Crippen LogP contribution in [-0.4, -0.2) is 41.7 Å². The molecule has 2 fully saturated rings. The maximum Gasteiger partial charge on any atom is 0.251 e. The van der Waals surface area contributed by atoms with Crippen molar-refractivity contribution in [3.05, 3.63) is 59.3 Å². The van der Waals surface area contributed by atoms with Gasteiger partial charge in [0.05, 0.1) is 6.61 Å². The summed E-state index contributed by atoms with van der Waals surface area (Å²) in [5.41, 5.74) is 3.04. The van der Waals surface area contributed by atoms with Crippen LogP contribution < -0.4 is 10.2 Å². The van der Waals surface area contributed by atoms with Crippen molar-refractivity contribution >= 4 is 11.7 Å². The summed E-state index contributed by atoms with van der Waals surface area (Å²) in [7, 11) is 0. The van der Waals surface area contributed by atoms with Crippen molar-refractivity contribution in [2.75, 3.05) is 24.6 Å². The van der Waals surface area contributed by atoms with Crippen LogP contribution in [0.5, 0.6) is 0 Å². The lowest BCUT2D eigenvalue weighted by atomic mass is 9.75. The predicted octanol–water partition coefficient (Wildman–Crippen LogP) is 3.10. The second kappa shape index (κ2) is 7.92. The molecule has 28 heavy (non-hydrogen) atoms. The summed E-state index contributed by atoms with van der Waals surface area (Å²) in [5, 5.41) is 13.3. The van der Waals surface area contributed by atoms with Crippen molar-refractivity contribution in [1.82, 2.24) is 10.3 Å². The molecule has 1 amide bonds. The van der Waals surface area contributed by atoms with Gasteiger partial charge in [-0.2, -0.15) is 0 Å². The van der Waals surface area contributed by atoms with E-state index in [1.54, 1.807) is 12.3 Å². The summed E-state index contributed by atoms with van der Waals surface area (Å²) < 4.78 is 0. The van der Waals surface area contributed by atoms with E-state index in [0.29, 0.717) is 11.6 Å². The van der Waals surface area contributed by atoms with E-state index >= 15 is 0 Å². The van der Waals surface area contributed by atoms with Crippen LogP contribution in [0.4, 0.5) is 5.82 Å². The van der Waals surface area contributed by atoms with E-state index in [1.165, 1.54) is 11.1 Å². The van der Waals surface area contributed by atoms with Gasteiger partial charge in [0.2, 0.25) is 0 Å². The number of aliphatic hydroxyl groups excluding tert-OH is 1. The van der Waals surface area contributed by atoms with Gasteiger partial charge in [0.25, 0.3) is 5.91 Å². The normalized spacial score (nSPS) is 22.1. The number of aromatic nitrogens is 1. The fraction of sp³-hybridized carbons (Fsp3) is 0.478. The monoisotopic (exact) mass is 379 g/mol. The van der Waals surface area contributed by atoms with Crippen molar-refractivity contribution in [3.63, 3.8) is 0 Å². The fourth-order valence-corrected chi connectivity index (χ4v) is 4.17. The molecule has 2 heterocycles. The number of nitrogens with zero attached hydrogens (tertiary/aromatic N) is 2. The Hall–Kier alpha value is -2.40. The molecule has 1 saturated carbocycles. The van der Waals surface area contributed by atoms with Gasteiger partial charge in [0, 0.05) is 36.3 Å². The van der Waals surface area contributed by atoms with Gasteiger partial charge in [-0.25, -0.2) is 4.98 Å². The molecule has 2 aromatic rings. The Kier molecular flexibility index (Phi) is 5.36. The highest BCUT2D eigenvalue weighted by Gasteiger charge is 2.36. The number of anilines is 1. The number of piperidine rings is 1. The number of hydrogen-bond donors (Lipinski definition) is 2. The number of aliphatic hydroxyl groups is 1. The minimum absolute atomic E-state index is 0.0171. The summed E-state index contributed by atoms with van der Waals surface area (Å²) in [4.78, 5) is 19.2. The second-order valence-electron chi connectivity index (χ2n) is 8.44. The molecule has 1 atom stereocenters. The van der Waals surface area contributed by atoms with Crippen LogP contribution in [0.25, 0.3) is 0 Å². The Bertz CT molecular complexity index is 849. The van der Waals surface area contributed by atoms with Gasteiger partial charge in [-0.05, 0) is 62.3 Å². The molecular weight excluding hydrogens is 350 g/mol. The van der Waals surface area contributed by atoms with E-state index in [9.17, 15) is 9.90 Å². The number of nitrogens with one attached hydrogen (secondary N) is 1. The molecule has 1 aliphatic carbocycles. The van der Waals surface area contributed by atoms with Gasteiger partial charge in [0.15, 0.2) is 0 Å². The van der Waals surface area contributed by atoms with Gasteiger partial charge in [-0.1, -0.05) is 24.3 Å². The van der Waals surface area contributed by atoms with Gasteiger partial charge in [-0.15, -0.1) is 0 Å².